The van der Waals surface area contributed by atoms with Crippen molar-refractivity contribution in [3.8, 4) is 0 Å². The summed E-state index contributed by atoms with van der Waals surface area (Å²) >= 11 is 0. The summed E-state index contributed by atoms with van der Waals surface area (Å²) in [5.41, 5.74) is 6.77. The number of benzene rings is 1. The Morgan fingerprint density at radius 1 is 0.929 bits per heavy atom. The number of hydrogen-bond acceptors (Lipinski definition) is 0. The Hall–Kier alpha value is -0.780. The first kappa shape index (κ1) is 8.52. The van der Waals surface area contributed by atoms with Gasteiger partial charge >= 0.3 is 0 Å². The van der Waals surface area contributed by atoms with Crippen LogP contribution < -0.4 is 0 Å². The van der Waals surface area contributed by atoms with Gasteiger partial charge in [-0.2, -0.15) is 0 Å². The van der Waals surface area contributed by atoms with E-state index in [1.54, 1.807) is 22.3 Å². The predicted octanol–water partition coefficient (Wildman–Crippen LogP) is 3.30. The molecule has 0 heteroatoms. The second kappa shape index (κ2) is 3.12. The Balaban J connectivity index is 2.11. The Labute approximate surface area is 86.3 Å². The molecular formula is C14H18. The molecule has 0 radical (unpaired) electrons. The maximum atomic E-state index is 2.39. The SMILES string of the molecule is CC1Cc2ccc3c(c2C1)CCCC3. The predicted molar refractivity (Wildman–Crippen MR) is 59.7 cm³/mol. The average Bonchev–Trinajstić information content (AvgIpc) is 2.59. The van der Waals surface area contributed by atoms with E-state index in [0.29, 0.717) is 0 Å². The van der Waals surface area contributed by atoms with E-state index in [0.717, 1.165) is 5.92 Å². The summed E-state index contributed by atoms with van der Waals surface area (Å²) < 4.78 is 0. The summed E-state index contributed by atoms with van der Waals surface area (Å²) in [6.45, 7) is 2.38. The molecule has 0 fully saturated rings. The van der Waals surface area contributed by atoms with Gasteiger partial charge in [0.1, 0.15) is 0 Å². The minimum absolute atomic E-state index is 0.887. The average molecular weight is 186 g/mol. The molecular weight excluding hydrogens is 168 g/mol. The zero-order valence-electron chi connectivity index (χ0n) is 8.97. The van der Waals surface area contributed by atoms with Crippen LogP contribution in [0.15, 0.2) is 12.1 Å². The number of hydrogen-bond donors (Lipinski definition) is 0. The minimum Gasteiger partial charge on any atom is -0.0619 e. The smallest absolute Gasteiger partial charge is 0.0244 e. The second-order valence-electron chi connectivity index (χ2n) is 5.06. The Morgan fingerprint density at radius 2 is 1.71 bits per heavy atom. The molecule has 1 aromatic rings. The lowest BCUT2D eigenvalue weighted by molar-refractivity contribution is 0.621. The summed E-state index contributed by atoms with van der Waals surface area (Å²) in [7, 11) is 0. The van der Waals surface area contributed by atoms with Gasteiger partial charge in [0.25, 0.3) is 0 Å². The molecule has 0 amide bonds. The molecule has 1 aromatic carbocycles. The highest BCUT2D eigenvalue weighted by molar-refractivity contribution is 5.45. The van der Waals surface area contributed by atoms with Crippen LogP contribution >= 0.6 is 0 Å². The van der Waals surface area contributed by atoms with E-state index in [9.17, 15) is 0 Å². The van der Waals surface area contributed by atoms with Gasteiger partial charge in [-0.15, -0.1) is 0 Å². The third kappa shape index (κ3) is 1.20. The lowest BCUT2D eigenvalue weighted by Crippen LogP contribution is -2.06. The first-order valence-electron chi connectivity index (χ1n) is 5.97. The van der Waals surface area contributed by atoms with Crippen molar-refractivity contribution in [2.45, 2.75) is 45.4 Å². The van der Waals surface area contributed by atoms with Crippen LogP contribution in [0, 0.1) is 5.92 Å². The fourth-order valence-electron chi connectivity index (χ4n) is 3.19. The summed E-state index contributed by atoms with van der Waals surface area (Å²) in [6, 6.07) is 4.79. The van der Waals surface area contributed by atoms with Crippen LogP contribution in [-0.4, -0.2) is 0 Å². The van der Waals surface area contributed by atoms with Gasteiger partial charge in [-0.05, 0) is 66.7 Å². The molecule has 1 unspecified atom stereocenters. The molecule has 0 heterocycles. The number of fused-ring (bicyclic) bond motifs is 3. The maximum Gasteiger partial charge on any atom is -0.0244 e. The topological polar surface area (TPSA) is 0 Å². The van der Waals surface area contributed by atoms with Gasteiger partial charge in [0.05, 0.1) is 0 Å². The molecule has 0 bridgehead atoms. The highest BCUT2D eigenvalue weighted by Gasteiger charge is 2.23. The van der Waals surface area contributed by atoms with Crippen LogP contribution in [0.2, 0.25) is 0 Å². The van der Waals surface area contributed by atoms with Crippen molar-refractivity contribution in [1.82, 2.24) is 0 Å². The quantitative estimate of drug-likeness (QED) is 0.583. The maximum absolute atomic E-state index is 2.39. The third-order valence-corrected chi connectivity index (χ3v) is 3.87. The molecule has 0 saturated carbocycles. The summed E-state index contributed by atoms with van der Waals surface area (Å²) in [5, 5.41) is 0. The Bertz CT molecular complexity index is 363. The van der Waals surface area contributed by atoms with Crippen LogP contribution in [0.25, 0.3) is 0 Å². The van der Waals surface area contributed by atoms with E-state index in [2.05, 4.69) is 19.1 Å². The number of aryl methyl sites for hydroxylation is 1. The zero-order chi connectivity index (χ0) is 9.54. The molecule has 3 rings (SSSR count). The van der Waals surface area contributed by atoms with Crippen molar-refractivity contribution in [2.75, 3.05) is 0 Å². The van der Waals surface area contributed by atoms with Gasteiger partial charge in [-0.1, -0.05) is 19.1 Å². The highest BCUT2D eigenvalue weighted by Crippen LogP contribution is 2.34. The Kier molecular flexibility index (Phi) is 1.90. The fourth-order valence-corrected chi connectivity index (χ4v) is 3.19. The van der Waals surface area contributed by atoms with Crippen molar-refractivity contribution >= 4 is 0 Å². The molecule has 0 aliphatic heterocycles. The minimum atomic E-state index is 0.887. The fraction of sp³-hybridized carbons (Fsp3) is 0.571. The highest BCUT2D eigenvalue weighted by atomic mass is 14.3. The lowest BCUT2D eigenvalue weighted by atomic mass is 9.87. The van der Waals surface area contributed by atoms with Crippen LogP contribution in [0.5, 0.6) is 0 Å². The van der Waals surface area contributed by atoms with Gasteiger partial charge in [0.2, 0.25) is 0 Å². The summed E-state index contributed by atoms with van der Waals surface area (Å²) in [5.74, 6) is 0.887. The van der Waals surface area contributed by atoms with Gasteiger partial charge < -0.3 is 0 Å². The van der Waals surface area contributed by atoms with Crippen molar-refractivity contribution in [3.63, 3.8) is 0 Å². The lowest BCUT2D eigenvalue weighted by Gasteiger charge is -2.19. The first-order valence-corrected chi connectivity index (χ1v) is 5.97. The molecule has 0 aromatic heterocycles. The van der Waals surface area contributed by atoms with Gasteiger partial charge in [0.15, 0.2) is 0 Å². The second-order valence-corrected chi connectivity index (χ2v) is 5.06. The zero-order valence-corrected chi connectivity index (χ0v) is 8.97. The van der Waals surface area contributed by atoms with Gasteiger partial charge in [-0.3, -0.25) is 0 Å². The van der Waals surface area contributed by atoms with E-state index in [1.807, 2.05) is 0 Å². The molecule has 0 nitrogen and oxygen atoms in total. The third-order valence-electron chi connectivity index (χ3n) is 3.87. The van der Waals surface area contributed by atoms with E-state index >= 15 is 0 Å². The van der Waals surface area contributed by atoms with Gasteiger partial charge in [-0.25, -0.2) is 0 Å². The van der Waals surface area contributed by atoms with E-state index in [4.69, 9.17) is 0 Å². The normalized spacial score (nSPS) is 24.5. The largest absolute Gasteiger partial charge is 0.0619 e. The molecule has 0 N–H and O–H groups in total. The van der Waals surface area contributed by atoms with Crippen molar-refractivity contribution in [2.24, 2.45) is 5.92 Å². The Morgan fingerprint density at radius 3 is 2.64 bits per heavy atom. The number of rotatable bonds is 0. The van der Waals surface area contributed by atoms with Crippen LogP contribution in [0.4, 0.5) is 0 Å². The standard InChI is InChI=1S/C14H18/c1-10-8-12-7-6-11-4-2-3-5-13(11)14(12)9-10/h6-7,10H,2-5,8-9H2,1H3. The molecule has 0 saturated heterocycles. The van der Waals surface area contributed by atoms with Crippen LogP contribution in [0.1, 0.15) is 42.0 Å². The van der Waals surface area contributed by atoms with Crippen LogP contribution in [0.3, 0.4) is 0 Å². The molecule has 2 aliphatic rings. The molecule has 2 aliphatic carbocycles. The van der Waals surface area contributed by atoms with Crippen molar-refractivity contribution in [1.29, 1.82) is 0 Å². The molecule has 74 valence electrons. The monoisotopic (exact) mass is 186 g/mol. The van der Waals surface area contributed by atoms with E-state index in [1.165, 1.54) is 38.5 Å². The molecule has 0 spiro atoms. The summed E-state index contributed by atoms with van der Waals surface area (Å²) in [6.07, 6.45) is 8.17. The van der Waals surface area contributed by atoms with Crippen LogP contribution in [-0.2, 0) is 25.7 Å². The summed E-state index contributed by atoms with van der Waals surface area (Å²) in [4.78, 5) is 0. The molecule has 14 heavy (non-hydrogen) atoms. The van der Waals surface area contributed by atoms with Crippen molar-refractivity contribution < 1.29 is 0 Å². The van der Waals surface area contributed by atoms with E-state index < -0.39 is 0 Å². The van der Waals surface area contributed by atoms with E-state index in [-0.39, 0.29) is 0 Å². The first-order chi connectivity index (χ1) is 6.84. The van der Waals surface area contributed by atoms with Crippen molar-refractivity contribution in [3.05, 3.63) is 34.4 Å². The van der Waals surface area contributed by atoms with Gasteiger partial charge in [0, 0.05) is 0 Å². The molecule has 1 atom stereocenters.